The molecular weight excluding hydrogens is 507 g/mol. The number of benzene rings is 2. The molecule has 0 aliphatic heterocycles. The van der Waals surface area contributed by atoms with Crippen molar-refractivity contribution < 1.29 is 0 Å². The van der Waals surface area contributed by atoms with E-state index in [1.165, 1.54) is 10.4 Å². The van der Waals surface area contributed by atoms with E-state index in [4.69, 9.17) is 23.2 Å². The van der Waals surface area contributed by atoms with E-state index in [1.54, 1.807) is 39.8 Å². The highest BCUT2D eigenvalue weighted by molar-refractivity contribution is 7.98. The molecule has 0 unspecified atom stereocenters. The second-order valence-electron chi connectivity index (χ2n) is 8.65. The van der Waals surface area contributed by atoms with Gasteiger partial charge >= 0.3 is 0 Å². The second-order valence-corrected chi connectivity index (χ2v) is 11.5. The lowest BCUT2D eigenvalue weighted by Crippen LogP contribution is -2.22. The molecule has 0 radical (unpaired) electrons. The van der Waals surface area contributed by atoms with Crippen molar-refractivity contribution >= 4 is 62.3 Å². The Balaban J connectivity index is 1.60. The number of thioether (sulfide) groups is 1. The van der Waals surface area contributed by atoms with Crippen molar-refractivity contribution in [1.82, 2.24) is 19.2 Å². The normalized spacial score (nSPS) is 15.8. The van der Waals surface area contributed by atoms with E-state index >= 15 is 0 Å². The van der Waals surface area contributed by atoms with Gasteiger partial charge in [-0.3, -0.25) is 4.79 Å². The molecule has 1 aliphatic rings. The molecule has 3 heterocycles. The second kappa shape index (κ2) is 8.72. The van der Waals surface area contributed by atoms with Crippen LogP contribution in [0.4, 0.5) is 0 Å². The standard InChI is InChI=1S/C25H20Cl2N4OS2/c1-14-6-11-20-18(12-14)21-22(32)30(17-9-7-16(26)8-10-17)24-28-29-25(31(24)23(21)34-20)33-13-15-4-2-3-5-19(15)27/h2-5,7-10,14H,6,11-13H2,1H3/t14-/m1/s1. The van der Waals surface area contributed by atoms with Crippen LogP contribution in [0.25, 0.3) is 21.7 Å². The Hall–Kier alpha value is -2.32. The first-order valence-corrected chi connectivity index (χ1v) is 13.6. The molecule has 0 amide bonds. The molecule has 5 nitrogen and oxygen atoms in total. The van der Waals surface area contributed by atoms with Crippen LogP contribution in [0.2, 0.25) is 10.0 Å². The minimum absolute atomic E-state index is 0.0496. The van der Waals surface area contributed by atoms with Gasteiger partial charge in [0.1, 0.15) is 4.83 Å². The van der Waals surface area contributed by atoms with Gasteiger partial charge in [-0.25, -0.2) is 8.97 Å². The third kappa shape index (κ3) is 3.66. The molecule has 6 rings (SSSR count). The molecule has 5 aromatic rings. The molecule has 0 spiro atoms. The molecule has 9 heteroatoms. The van der Waals surface area contributed by atoms with Gasteiger partial charge in [-0.2, -0.15) is 0 Å². The lowest BCUT2D eigenvalue weighted by atomic mass is 9.89. The molecule has 172 valence electrons. The highest BCUT2D eigenvalue weighted by Gasteiger charge is 2.27. The highest BCUT2D eigenvalue weighted by Crippen LogP contribution is 2.38. The zero-order chi connectivity index (χ0) is 23.4. The Morgan fingerprint density at radius 3 is 2.71 bits per heavy atom. The number of hydrogen-bond acceptors (Lipinski definition) is 5. The fourth-order valence-electron chi connectivity index (χ4n) is 4.58. The lowest BCUT2D eigenvalue weighted by Gasteiger charge is -2.18. The monoisotopic (exact) mass is 526 g/mol. The Kier molecular flexibility index (Phi) is 5.68. The van der Waals surface area contributed by atoms with E-state index in [0.717, 1.165) is 50.9 Å². The van der Waals surface area contributed by atoms with E-state index in [2.05, 4.69) is 17.1 Å². The average molecular weight is 528 g/mol. The predicted molar refractivity (Wildman–Crippen MR) is 141 cm³/mol. The van der Waals surface area contributed by atoms with E-state index in [0.29, 0.717) is 22.5 Å². The molecule has 0 N–H and O–H groups in total. The number of fused-ring (bicyclic) bond motifs is 5. The largest absolute Gasteiger partial charge is 0.268 e. The molecule has 0 bridgehead atoms. The maximum absolute atomic E-state index is 13.9. The van der Waals surface area contributed by atoms with Crippen molar-refractivity contribution in [3.63, 3.8) is 0 Å². The Bertz CT molecular complexity index is 1600. The number of rotatable bonds is 4. The maximum Gasteiger partial charge on any atom is 0.268 e. The summed E-state index contributed by atoms with van der Waals surface area (Å²) in [4.78, 5) is 16.2. The van der Waals surface area contributed by atoms with Gasteiger partial charge in [0.25, 0.3) is 5.56 Å². The van der Waals surface area contributed by atoms with Crippen LogP contribution < -0.4 is 5.56 Å². The highest BCUT2D eigenvalue weighted by atomic mass is 35.5. The summed E-state index contributed by atoms with van der Waals surface area (Å²) in [5.74, 6) is 1.72. The van der Waals surface area contributed by atoms with E-state index in [1.807, 2.05) is 40.8 Å². The minimum Gasteiger partial charge on any atom is -0.268 e. The molecule has 0 fully saturated rings. The van der Waals surface area contributed by atoms with Gasteiger partial charge in [-0.1, -0.05) is 60.1 Å². The van der Waals surface area contributed by atoms with Gasteiger partial charge in [0.2, 0.25) is 5.78 Å². The van der Waals surface area contributed by atoms with E-state index < -0.39 is 0 Å². The van der Waals surface area contributed by atoms with Gasteiger partial charge in [0, 0.05) is 20.7 Å². The van der Waals surface area contributed by atoms with Crippen LogP contribution in [0.15, 0.2) is 58.5 Å². The van der Waals surface area contributed by atoms with Crippen molar-refractivity contribution in [2.75, 3.05) is 0 Å². The van der Waals surface area contributed by atoms with Gasteiger partial charge in [-0.05, 0) is 66.6 Å². The summed E-state index contributed by atoms with van der Waals surface area (Å²) in [5, 5.41) is 11.9. The van der Waals surface area contributed by atoms with Crippen LogP contribution in [-0.2, 0) is 18.6 Å². The summed E-state index contributed by atoms with van der Waals surface area (Å²) in [6.45, 7) is 2.26. The summed E-state index contributed by atoms with van der Waals surface area (Å²) in [6.07, 6.45) is 3.06. The van der Waals surface area contributed by atoms with Gasteiger partial charge in [0.05, 0.1) is 11.1 Å². The number of aromatic nitrogens is 4. The average Bonchev–Trinajstić information content (AvgIpc) is 3.41. The quantitative estimate of drug-likeness (QED) is 0.241. The first-order chi connectivity index (χ1) is 16.5. The molecule has 1 atom stereocenters. The van der Waals surface area contributed by atoms with Gasteiger partial charge < -0.3 is 0 Å². The van der Waals surface area contributed by atoms with Crippen molar-refractivity contribution in [3.05, 3.63) is 84.9 Å². The number of aryl methyl sites for hydroxylation is 1. The first kappa shape index (κ1) is 22.2. The Morgan fingerprint density at radius 1 is 1.12 bits per heavy atom. The predicted octanol–water partition coefficient (Wildman–Crippen LogP) is 6.82. The number of halogens is 2. The number of thiophene rings is 1. The maximum atomic E-state index is 13.9. The van der Waals surface area contributed by atoms with Crippen LogP contribution in [0.1, 0.15) is 29.3 Å². The third-order valence-electron chi connectivity index (χ3n) is 6.32. The minimum atomic E-state index is -0.0496. The van der Waals surface area contributed by atoms with E-state index in [9.17, 15) is 4.79 Å². The third-order valence-corrected chi connectivity index (χ3v) is 9.20. The van der Waals surface area contributed by atoms with Crippen LogP contribution in [-0.4, -0.2) is 19.2 Å². The summed E-state index contributed by atoms with van der Waals surface area (Å²) in [6, 6.07) is 15.1. The topological polar surface area (TPSA) is 52.2 Å². The molecule has 2 aromatic carbocycles. The molecule has 0 saturated carbocycles. The van der Waals surface area contributed by atoms with Crippen LogP contribution in [0.5, 0.6) is 0 Å². The molecule has 34 heavy (non-hydrogen) atoms. The van der Waals surface area contributed by atoms with Crippen molar-refractivity contribution in [2.24, 2.45) is 5.92 Å². The van der Waals surface area contributed by atoms with Crippen LogP contribution in [0, 0.1) is 5.92 Å². The SMILES string of the molecule is C[C@@H]1CCc2sc3c(c2C1)c(=O)n(-c1ccc(Cl)cc1)c1nnc(SCc2ccccc2Cl)n31. The zero-order valence-corrected chi connectivity index (χ0v) is 21.4. The van der Waals surface area contributed by atoms with E-state index in [-0.39, 0.29) is 5.56 Å². The van der Waals surface area contributed by atoms with Crippen LogP contribution in [0.3, 0.4) is 0 Å². The van der Waals surface area contributed by atoms with Gasteiger partial charge in [0.15, 0.2) is 5.16 Å². The Morgan fingerprint density at radius 2 is 1.91 bits per heavy atom. The summed E-state index contributed by atoms with van der Waals surface area (Å²) in [7, 11) is 0. The molecule has 3 aromatic heterocycles. The fourth-order valence-corrected chi connectivity index (χ4v) is 7.32. The van der Waals surface area contributed by atoms with Crippen LogP contribution >= 0.6 is 46.3 Å². The Labute approximate surface area is 214 Å². The summed E-state index contributed by atoms with van der Waals surface area (Å²) >= 11 is 15.8. The smallest absolute Gasteiger partial charge is 0.268 e. The first-order valence-electron chi connectivity index (χ1n) is 11.1. The summed E-state index contributed by atoms with van der Waals surface area (Å²) in [5.41, 5.74) is 2.89. The zero-order valence-electron chi connectivity index (χ0n) is 18.3. The summed E-state index contributed by atoms with van der Waals surface area (Å²) < 4.78 is 3.71. The van der Waals surface area contributed by atoms with Crippen molar-refractivity contribution in [3.8, 4) is 5.69 Å². The number of nitrogens with zero attached hydrogens (tertiary/aromatic N) is 4. The van der Waals surface area contributed by atoms with Crippen molar-refractivity contribution in [1.29, 1.82) is 0 Å². The lowest BCUT2D eigenvalue weighted by molar-refractivity contribution is 0.508. The molecule has 1 aliphatic carbocycles. The van der Waals surface area contributed by atoms with Crippen molar-refractivity contribution in [2.45, 2.75) is 37.1 Å². The fraction of sp³-hybridized carbons (Fsp3) is 0.240. The molecular formula is C25H20Cl2N4OS2. The number of hydrogen-bond donors (Lipinski definition) is 0. The molecule has 0 saturated heterocycles. The van der Waals surface area contributed by atoms with Gasteiger partial charge in [-0.15, -0.1) is 21.5 Å².